The molecule has 1 unspecified atom stereocenters. The molecule has 1 aromatic rings. The summed E-state index contributed by atoms with van der Waals surface area (Å²) in [6.45, 7) is 3.06. The molecule has 0 saturated carbocycles. The number of nitrogens with one attached hydrogen (secondary N) is 1. The average molecular weight is 348 g/mol. The number of anilines is 1. The molecule has 1 atom stereocenters. The number of hydrogen-bond donors (Lipinski definition) is 1. The van der Waals surface area contributed by atoms with Gasteiger partial charge in [-0.05, 0) is 36.8 Å². The molecule has 0 bridgehead atoms. The largest absolute Gasteiger partial charge is 0.366 e. The fraction of sp³-hybridized carbons (Fsp3) is 0.529. The number of thioether (sulfide) groups is 1. The van der Waals surface area contributed by atoms with E-state index in [0.717, 1.165) is 6.54 Å². The molecule has 24 heavy (non-hydrogen) atoms. The van der Waals surface area contributed by atoms with Crippen LogP contribution in [0, 0.1) is 17.1 Å². The first-order valence-corrected chi connectivity index (χ1v) is 9.31. The van der Waals surface area contributed by atoms with E-state index in [0.29, 0.717) is 42.7 Å². The normalized spacial score (nSPS) is 20.8. The molecule has 0 spiro atoms. The van der Waals surface area contributed by atoms with Crippen molar-refractivity contribution in [1.29, 1.82) is 5.26 Å². The second-order valence-corrected chi connectivity index (χ2v) is 7.48. The third kappa shape index (κ3) is 3.93. The van der Waals surface area contributed by atoms with Crippen LogP contribution in [-0.4, -0.2) is 54.7 Å². The Bertz CT molecular complexity index is 634. The van der Waals surface area contributed by atoms with Crippen molar-refractivity contribution >= 4 is 23.5 Å². The van der Waals surface area contributed by atoms with E-state index in [-0.39, 0.29) is 11.8 Å². The zero-order chi connectivity index (χ0) is 16.9. The van der Waals surface area contributed by atoms with Crippen LogP contribution in [0.4, 0.5) is 14.9 Å². The fourth-order valence-corrected chi connectivity index (χ4v) is 4.30. The zero-order valence-corrected chi connectivity index (χ0v) is 14.3. The summed E-state index contributed by atoms with van der Waals surface area (Å²) in [5.41, 5.74) is 0.815. The van der Waals surface area contributed by atoms with Gasteiger partial charge in [0.15, 0.2) is 0 Å². The van der Waals surface area contributed by atoms with Crippen LogP contribution >= 0.6 is 11.8 Å². The Balaban J connectivity index is 1.50. The molecule has 1 aromatic carbocycles. The Morgan fingerprint density at radius 1 is 1.38 bits per heavy atom. The molecule has 5 nitrogen and oxygen atoms in total. The lowest BCUT2D eigenvalue weighted by molar-refractivity contribution is 0.194. The van der Waals surface area contributed by atoms with Gasteiger partial charge in [-0.1, -0.05) is 0 Å². The monoisotopic (exact) mass is 348 g/mol. The molecule has 0 aliphatic carbocycles. The van der Waals surface area contributed by atoms with Crippen molar-refractivity contribution in [3.05, 3.63) is 29.6 Å². The molecule has 3 rings (SSSR count). The van der Waals surface area contributed by atoms with Gasteiger partial charge in [0.05, 0.1) is 17.3 Å². The number of nitriles is 1. The van der Waals surface area contributed by atoms with Gasteiger partial charge in [-0.3, -0.25) is 0 Å². The Morgan fingerprint density at radius 3 is 2.79 bits per heavy atom. The summed E-state index contributed by atoms with van der Waals surface area (Å²) in [6.07, 6.45) is 2.41. The second kappa shape index (κ2) is 7.75. The Kier molecular flexibility index (Phi) is 5.46. The molecule has 7 heteroatoms. The highest BCUT2D eigenvalue weighted by Crippen LogP contribution is 2.25. The van der Waals surface area contributed by atoms with Crippen molar-refractivity contribution in [2.75, 3.05) is 43.4 Å². The highest BCUT2D eigenvalue weighted by atomic mass is 32.2. The smallest absolute Gasteiger partial charge is 0.317 e. The molecule has 2 fully saturated rings. The van der Waals surface area contributed by atoms with E-state index >= 15 is 0 Å². The summed E-state index contributed by atoms with van der Waals surface area (Å²) < 4.78 is 14.1. The SMILES string of the molecule is N#Cc1ccc(N2CCN(C(=O)NCC3CCCS3)CC2)c(F)c1. The Morgan fingerprint density at radius 2 is 2.17 bits per heavy atom. The Hall–Kier alpha value is -1.94. The van der Waals surface area contributed by atoms with E-state index in [2.05, 4.69) is 5.32 Å². The predicted molar refractivity (Wildman–Crippen MR) is 93.8 cm³/mol. The number of urea groups is 1. The molecule has 2 aliphatic heterocycles. The lowest BCUT2D eigenvalue weighted by atomic mass is 10.2. The third-order valence-corrected chi connectivity index (χ3v) is 5.89. The van der Waals surface area contributed by atoms with E-state index in [1.54, 1.807) is 17.0 Å². The lowest BCUT2D eigenvalue weighted by Gasteiger charge is -2.36. The molecular formula is C17H21FN4OS. The molecule has 2 heterocycles. The first-order valence-electron chi connectivity index (χ1n) is 8.26. The molecule has 2 aliphatic rings. The molecule has 2 saturated heterocycles. The average Bonchev–Trinajstić information content (AvgIpc) is 3.13. The van der Waals surface area contributed by atoms with E-state index in [9.17, 15) is 9.18 Å². The maximum Gasteiger partial charge on any atom is 0.317 e. The molecule has 0 aromatic heterocycles. The van der Waals surface area contributed by atoms with Crippen LogP contribution in [0.3, 0.4) is 0 Å². The summed E-state index contributed by atoms with van der Waals surface area (Å²) in [7, 11) is 0. The van der Waals surface area contributed by atoms with Crippen molar-refractivity contribution in [3.8, 4) is 6.07 Å². The number of halogens is 1. The molecular weight excluding hydrogens is 327 g/mol. The van der Waals surface area contributed by atoms with Gasteiger partial charge in [0.1, 0.15) is 5.82 Å². The number of piperazine rings is 1. The maximum absolute atomic E-state index is 14.1. The predicted octanol–water partition coefficient (Wildman–Crippen LogP) is 2.42. The summed E-state index contributed by atoms with van der Waals surface area (Å²) in [6, 6.07) is 6.43. The maximum atomic E-state index is 14.1. The van der Waals surface area contributed by atoms with Gasteiger partial charge < -0.3 is 15.1 Å². The number of nitrogens with zero attached hydrogens (tertiary/aromatic N) is 3. The summed E-state index contributed by atoms with van der Waals surface area (Å²) in [5.74, 6) is 0.806. The van der Waals surface area contributed by atoms with Gasteiger partial charge in [0.2, 0.25) is 0 Å². The van der Waals surface area contributed by atoms with Crippen molar-refractivity contribution < 1.29 is 9.18 Å². The van der Waals surface area contributed by atoms with Gasteiger partial charge in [0, 0.05) is 38.0 Å². The highest BCUT2D eigenvalue weighted by Gasteiger charge is 2.24. The van der Waals surface area contributed by atoms with Crippen LogP contribution < -0.4 is 10.2 Å². The number of amides is 2. The van der Waals surface area contributed by atoms with E-state index in [1.165, 1.54) is 24.7 Å². The highest BCUT2D eigenvalue weighted by molar-refractivity contribution is 8.00. The van der Waals surface area contributed by atoms with Crippen LogP contribution in [0.15, 0.2) is 18.2 Å². The number of carbonyl (C=O) groups excluding carboxylic acids is 1. The topological polar surface area (TPSA) is 59.4 Å². The number of benzene rings is 1. The first kappa shape index (κ1) is 16.9. The van der Waals surface area contributed by atoms with E-state index in [1.807, 2.05) is 22.7 Å². The summed E-state index contributed by atoms with van der Waals surface area (Å²) in [5, 5.41) is 12.4. The Labute approximate surface area is 145 Å². The summed E-state index contributed by atoms with van der Waals surface area (Å²) >= 11 is 1.93. The van der Waals surface area contributed by atoms with Crippen molar-refractivity contribution in [1.82, 2.24) is 10.2 Å². The van der Waals surface area contributed by atoms with Crippen LogP contribution in [-0.2, 0) is 0 Å². The number of carbonyl (C=O) groups is 1. The van der Waals surface area contributed by atoms with Crippen molar-refractivity contribution in [3.63, 3.8) is 0 Å². The van der Waals surface area contributed by atoms with Crippen LogP contribution in [0.5, 0.6) is 0 Å². The van der Waals surface area contributed by atoms with Gasteiger partial charge in [-0.15, -0.1) is 0 Å². The standard InChI is InChI=1S/C17H21FN4OS/c18-15-10-13(11-19)3-4-16(15)21-5-7-22(8-6-21)17(23)20-12-14-2-1-9-24-14/h3-4,10,14H,1-2,5-9,12H2,(H,20,23). The van der Waals surface area contributed by atoms with Crippen molar-refractivity contribution in [2.45, 2.75) is 18.1 Å². The summed E-state index contributed by atoms with van der Waals surface area (Å²) in [4.78, 5) is 15.9. The van der Waals surface area contributed by atoms with E-state index in [4.69, 9.17) is 5.26 Å². The molecule has 2 amide bonds. The first-order chi connectivity index (χ1) is 11.7. The van der Waals surface area contributed by atoms with Crippen LogP contribution in [0.25, 0.3) is 0 Å². The fourth-order valence-electron chi connectivity index (χ4n) is 3.10. The van der Waals surface area contributed by atoms with Crippen molar-refractivity contribution in [2.24, 2.45) is 0 Å². The van der Waals surface area contributed by atoms with Gasteiger partial charge in [-0.25, -0.2) is 9.18 Å². The molecule has 0 radical (unpaired) electrons. The molecule has 128 valence electrons. The van der Waals surface area contributed by atoms with E-state index < -0.39 is 0 Å². The van der Waals surface area contributed by atoms with Crippen LogP contribution in [0.1, 0.15) is 18.4 Å². The minimum Gasteiger partial charge on any atom is -0.366 e. The quantitative estimate of drug-likeness (QED) is 0.911. The number of hydrogen-bond acceptors (Lipinski definition) is 4. The number of rotatable bonds is 3. The zero-order valence-electron chi connectivity index (χ0n) is 13.5. The minimum atomic E-state index is -0.384. The lowest BCUT2D eigenvalue weighted by Crippen LogP contribution is -2.52. The van der Waals surface area contributed by atoms with Gasteiger partial charge in [-0.2, -0.15) is 17.0 Å². The van der Waals surface area contributed by atoms with Gasteiger partial charge >= 0.3 is 6.03 Å². The minimum absolute atomic E-state index is 0.0255. The molecule has 1 N–H and O–H groups in total. The second-order valence-electron chi connectivity index (χ2n) is 6.07. The van der Waals surface area contributed by atoms with Crippen LogP contribution in [0.2, 0.25) is 0 Å². The third-order valence-electron chi connectivity index (χ3n) is 4.49. The van der Waals surface area contributed by atoms with Gasteiger partial charge in [0.25, 0.3) is 0 Å².